The van der Waals surface area contributed by atoms with Crippen molar-refractivity contribution >= 4 is 29.5 Å². The first-order chi connectivity index (χ1) is 14.9. The van der Waals surface area contributed by atoms with Crippen molar-refractivity contribution in [2.75, 3.05) is 11.9 Å². The quantitative estimate of drug-likeness (QED) is 0.671. The maximum absolute atomic E-state index is 14.5. The highest BCUT2D eigenvalue weighted by Crippen LogP contribution is 2.42. The average molecular weight is 445 g/mol. The summed E-state index contributed by atoms with van der Waals surface area (Å²) in [4.78, 5) is 28.1. The molecule has 1 fully saturated rings. The van der Waals surface area contributed by atoms with E-state index in [9.17, 15) is 18.4 Å². The lowest BCUT2D eigenvalue weighted by Gasteiger charge is -2.37. The second kappa shape index (κ2) is 7.02. The zero-order valence-electron chi connectivity index (χ0n) is 16.1. The summed E-state index contributed by atoms with van der Waals surface area (Å²) in [5.74, 6) is -0.868. The summed E-state index contributed by atoms with van der Waals surface area (Å²) < 4.78 is 29.5. The van der Waals surface area contributed by atoms with Gasteiger partial charge in [0.15, 0.2) is 11.9 Å². The Morgan fingerprint density at radius 3 is 2.55 bits per heavy atom. The number of hydrogen-bond donors (Lipinski definition) is 1. The molecule has 8 nitrogen and oxygen atoms in total. The van der Waals surface area contributed by atoms with Gasteiger partial charge in [0, 0.05) is 23.2 Å². The van der Waals surface area contributed by atoms with Crippen molar-refractivity contribution in [1.82, 2.24) is 25.0 Å². The molecule has 31 heavy (non-hydrogen) atoms. The van der Waals surface area contributed by atoms with Crippen molar-refractivity contribution < 1.29 is 18.4 Å². The number of fused-ring (bicyclic) bond motifs is 3. The van der Waals surface area contributed by atoms with Crippen LogP contribution in [0.5, 0.6) is 0 Å². The van der Waals surface area contributed by atoms with E-state index in [0.717, 1.165) is 0 Å². The monoisotopic (exact) mass is 444 g/mol. The number of imide groups is 1. The van der Waals surface area contributed by atoms with E-state index in [4.69, 9.17) is 11.6 Å². The molecule has 2 aromatic carbocycles. The summed E-state index contributed by atoms with van der Waals surface area (Å²) in [6, 6.07) is 8.48. The number of anilines is 1. The van der Waals surface area contributed by atoms with Gasteiger partial charge in [-0.05, 0) is 36.4 Å². The minimum Gasteiger partial charge on any atom is -0.320 e. The molecule has 3 aromatic rings. The molecule has 2 aliphatic rings. The SMILES string of the molecule is CN1C(=O)NC(=O)C2C1n1c(-c3ccc(F)cc3)nnc1N2Cc1c(F)cccc1Cl. The van der Waals surface area contributed by atoms with E-state index in [1.165, 1.54) is 48.3 Å². The minimum absolute atomic E-state index is 0.0658. The predicted octanol–water partition coefficient (Wildman–Crippen LogP) is 2.95. The smallest absolute Gasteiger partial charge is 0.320 e. The molecule has 3 amide bonds. The molecule has 1 aromatic heterocycles. The van der Waals surface area contributed by atoms with Crippen molar-refractivity contribution in [3.8, 4) is 11.4 Å². The van der Waals surface area contributed by atoms with Crippen molar-refractivity contribution in [1.29, 1.82) is 0 Å². The number of halogens is 3. The topological polar surface area (TPSA) is 83.4 Å². The van der Waals surface area contributed by atoms with E-state index in [0.29, 0.717) is 11.4 Å². The van der Waals surface area contributed by atoms with E-state index >= 15 is 0 Å². The van der Waals surface area contributed by atoms with E-state index in [-0.39, 0.29) is 23.1 Å². The molecule has 3 heterocycles. The number of carbonyl (C=O) groups excluding carboxylic acids is 2. The van der Waals surface area contributed by atoms with Crippen LogP contribution in [-0.4, -0.2) is 44.7 Å². The molecule has 0 radical (unpaired) electrons. The predicted molar refractivity (Wildman–Crippen MR) is 107 cm³/mol. The fraction of sp³-hybridized carbons (Fsp3) is 0.200. The van der Waals surface area contributed by atoms with Crippen molar-refractivity contribution in [2.24, 2.45) is 0 Å². The number of carbonyl (C=O) groups is 2. The summed E-state index contributed by atoms with van der Waals surface area (Å²) in [5, 5.41) is 10.9. The summed E-state index contributed by atoms with van der Waals surface area (Å²) in [7, 11) is 1.54. The Balaban J connectivity index is 1.66. The normalized spacial score (nSPS) is 20.0. The van der Waals surface area contributed by atoms with E-state index < -0.39 is 35.8 Å². The highest BCUT2D eigenvalue weighted by molar-refractivity contribution is 6.31. The van der Waals surface area contributed by atoms with Gasteiger partial charge < -0.3 is 9.80 Å². The molecule has 11 heteroatoms. The number of amides is 3. The molecular formula is C20H15ClF2N6O2. The number of benzene rings is 2. The Kier molecular flexibility index (Phi) is 4.40. The second-order valence-electron chi connectivity index (χ2n) is 7.29. The molecule has 0 bridgehead atoms. The molecule has 0 aliphatic carbocycles. The van der Waals surface area contributed by atoms with Gasteiger partial charge in [-0.2, -0.15) is 0 Å². The molecule has 0 spiro atoms. The third-order valence-electron chi connectivity index (χ3n) is 5.53. The number of hydrogen-bond acceptors (Lipinski definition) is 5. The molecule has 158 valence electrons. The summed E-state index contributed by atoms with van der Waals surface area (Å²) >= 11 is 6.20. The van der Waals surface area contributed by atoms with Crippen molar-refractivity contribution in [3.63, 3.8) is 0 Å². The van der Waals surface area contributed by atoms with Gasteiger partial charge >= 0.3 is 6.03 Å². The first-order valence-corrected chi connectivity index (χ1v) is 9.72. The number of nitrogens with zero attached hydrogens (tertiary/aromatic N) is 5. The molecule has 1 N–H and O–H groups in total. The molecule has 2 unspecified atom stereocenters. The van der Waals surface area contributed by atoms with Crippen LogP contribution in [0.25, 0.3) is 11.4 Å². The van der Waals surface area contributed by atoms with Gasteiger partial charge in [0.2, 0.25) is 5.95 Å². The van der Waals surface area contributed by atoms with Crippen LogP contribution in [0.3, 0.4) is 0 Å². The fourth-order valence-electron chi connectivity index (χ4n) is 4.02. The number of aromatic nitrogens is 3. The Labute approximate surface area is 180 Å². The standard InChI is InChI=1S/C20H15ClF2N6O2/c1-27-18-15(17(30)24-20(27)31)28(9-12-13(21)3-2-4-14(12)23)19-26-25-16(29(18)19)10-5-7-11(22)8-6-10/h2-8,15,18H,9H2,1H3,(H,24,30,31). The van der Waals surface area contributed by atoms with Gasteiger partial charge in [0.05, 0.1) is 6.54 Å². The first-order valence-electron chi connectivity index (χ1n) is 9.35. The van der Waals surface area contributed by atoms with Gasteiger partial charge in [-0.3, -0.25) is 14.7 Å². The first kappa shape index (κ1) is 19.4. The van der Waals surface area contributed by atoms with E-state index in [1.54, 1.807) is 15.5 Å². The number of urea groups is 1. The average Bonchev–Trinajstić information content (AvgIpc) is 3.29. The van der Waals surface area contributed by atoms with Crippen LogP contribution in [0.15, 0.2) is 42.5 Å². The van der Waals surface area contributed by atoms with Crippen LogP contribution in [0.1, 0.15) is 11.7 Å². The summed E-state index contributed by atoms with van der Waals surface area (Å²) in [5.41, 5.74) is 0.742. The van der Waals surface area contributed by atoms with Crippen LogP contribution in [0.4, 0.5) is 19.5 Å². The number of rotatable bonds is 3. The zero-order valence-corrected chi connectivity index (χ0v) is 16.8. The summed E-state index contributed by atoms with van der Waals surface area (Å²) in [6.07, 6.45) is -0.781. The largest absolute Gasteiger partial charge is 0.325 e. The zero-order chi connectivity index (χ0) is 21.9. The Morgan fingerprint density at radius 2 is 1.84 bits per heavy atom. The van der Waals surface area contributed by atoms with Gasteiger partial charge in [0.25, 0.3) is 5.91 Å². The molecule has 5 rings (SSSR count). The molecule has 1 saturated heterocycles. The summed E-state index contributed by atoms with van der Waals surface area (Å²) in [6.45, 7) is -0.0658. The van der Waals surface area contributed by atoms with Crippen LogP contribution in [0, 0.1) is 11.6 Å². The van der Waals surface area contributed by atoms with Crippen molar-refractivity contribution in [3.05, 3.63) is 64.7 Å². The number of nitrogens with one attached hydrogen (secondary N) is 1. The maximum atomic E-state index is 14.5. The van der Waals surface area contributed by atoms with Gasteiger partial charge in [-0.1, -0.05) is 17.7 Å². The van der Waals surface area contributed by atoms with Gasteiger partial charge in [0.1, 0.15) is 17.8 Å². The Morgan fingerprint density at radius 1 is 1.10 bits per heavy atom. The third-order valence-corrected chi connectivity index (χ3v) is 5.88. The van der Waals surface area contributed by atoms with Crippen LogP contribution in [-0.2, 0) is 11.3 Å². The van der Waals surface area contributed by atoms with Crippen LogP contribution >= 0.6 is 11.6 Å². The van der Waals surface area contributed by atoms with E-state index in [2.05, 4.69) is 15.5 Å². The highest BCUT2D eigenvalue weighted by Gasteiger charge is 2.52. The molecule has 0 saturated carbocycles. The van der Waals surface area contributed by atoms with E-state index in [1.807, 2.05) is 0 Å². The number of likely N-dealkylation sites (N-methyl/N-ethyl adjacent to an activating group) is 1. The molecular weight excluding hydrogens is 430 g/mol. The lowest BCUT2D eigenvalue weighted by atomic mass is 10.1. The molecule has 2 aliphatic heterocycles. The third kappa shape index (κ3) is 2.94. The van der Waals surface area contributed by atoms with Gasteiger partial charge in [-0.15, -0.1) is 10.2 Å². The lowest BCUT2D eigenvalue weighted by molar-refractivity contribution is -0.124. The highest BCUT2D eigenvalue weighted by atomic mass is 35.5. The second-order valence-corrected chi connectivity index (χ2v) is 7.70. The van der Waals surface area contributed by atoms with Crippen molar-refractivity contribution in [2.45, 2.75) is 18.8 Å². The Hall–Kier alpha value is -3.53. The molecule has 2 atom stereocenters. The van der Waals surface area contributed by atoms with Gasteiger partial charge in [-0.25, -0.2) is 13.6 Å². The van der Waals surface area contributed by atoms with Crippen LogP contribution in [0.2, 0.25) is 5.02 Å². The minimum atomic E-state index is -0.886. The van der Waals surface area contributed by atoms with Crippen LogP contribution < -0.4 is 10.2 Å². The maximum Gasteiger partial charge on any atom is 0.325 e. The lowest BCUT2D eigenvalue weighted by Crippen LogP contribution is -2.61. The fourth-order valence-corrected chi connectivity index (χ4v) is 4.24. The Bertz CT molecular complexity index is 1190.